The molecular formula is C16H18ClN3O2S. The van der Waals surface area contributed by atoms with Crippen molar-refractivity contribution in [2.75, 3.05) is 0 Å². The van der Waals surface area contributed by atoms with Crippen molar-refractivity contribution in [3.63, 3.8) is 0 Å². The van der Waals surface area contributed by atoms with Crippen molar-refractivity contribution in [3.8, 4) is 10.6 Å². The molecular weight excluding hydrogens is 334 g/mol. The van der Waals surface area contributed by atoms with Crippen LogP contribution in [-0.4, -0.2) is 16.8 Å². The van der Waals surface area contributed by atoms with Crippen molar-refractivity contribution >= 4 is 34.8 Å². The van der Waals surface area contributed by atoms with Crippen molar-refractivity contribution in [1.29, 1.82) is 0 Å². The third kappa shape index (κ3) is 4.77. The van der Waals surface area contributed by atoms with Gasteiger partial charge in [-0.3, -0.25) is 20.4 Å². The zero-order valence-corrected chi connectivity index (χ0v) is 14.7. The van der Waals surface area contributed by atoms with Crippen LogP contribution >= 0.6 is 22.9 Å². The van der Waals surface area contributed by atoms with Crippen LogP contribution in [0.25, 0.3) is 10.6 Å². The average molecular weight is 352 g/mol. The highest BCUT2D eigenvalue weighted by atomic mass is 35.5. The summed E-state index contributed by atoms with van der Waals surface area (Å²) in [5.41, 5.74) is 6.36. The van der Waals surface area contributed by atoms with Gasteiger partial charge in [0.2, 0.25) is 5.91 Å². The Morgan fingerprint density at radius 1 is 1.22 bits per heavy atom. The Balaban J connectivity index is 2.07. The third-order valence-corrected chi connectivity index (χ3v) is 4.46. The number of rotatable bonds is 4. The zero-order chi connectivity index (χ0) is 17.0. The van der Waals surface area contributed by atoms with Crippen molar-refractivity contribution in [1.82, 2.24) is 15.8 Å². The zero-order valence-electron chi connectivity index (χ0n) is 13.1. The lowest BCUT2D eigenvalue weighted by Gasteiger charge is -2.07. The van der Waals surface area contributed by atoms with Gasteiger partial charge in [-0.1, -0.05) is 37.6 Å². The number of amides is 2. The summed E-state index contributed by atoms with van der Waals surface area (Å²) >= 11 is 7.15. The fraction of sp³-hybridized carbons (Fsp3) is 0.312. The molecule has 2 amide bonds. The van der Waals surface area contributed by atoms with E-state index in [1.54, 1.807) is 19.1 Å². The van der Waals surface area contributed by atoms with E-state index in [-0.39, 0.29) is 17.7 Å². The van der Waals surface area contributed by atoms with E-state index in [0.717, 1.165) is 10.6 Å². The fourth-order valence-corrected chi connectivity index (χ4v) is 3.02. The Kier molecular flexibility index (Phi) is 5.74. The molecule has 0 aliphatic rings. The molecule has 1 aromatic heterocycles. The van der Waals surface area contributed by atoms with Crippen molar-refractivity contribution in [2.45, 2.75) is 27.2 Å². The summed E-state index contributed by atoms with van der Waals surface area (Å²) in [5, 5.41) is 1.38. The van der Waals surface area contributed by atoms with E-state index < -0.39 is 0 Å². The largest absolute Gasteiger partial charge is 0.281 e. The average Bonchev–Trinajstić information content (AvgIpc) is 2.87. The maximum absolute atomic E-state index is 12.2. The van der Waals surface area contributed by atoms with Crippen molar-refractivity contribution in [2.24, 2.45) is 5.92 Å². The summed E-state index contributed by atoms with van der Waals surface area (Å²) in [6.07, 6.45) is 0.359. The fourth-order valence-electron chi connectivity index (χ4n) is 1.93. The van der Waals surface area contributed by atoms with Crippen LogP contribution < -0.4 is 10.9 Å². The van der Waals surface area contributed by atoms with E-state index in [0.29, 0.717) is 22.0 Å². The molecule has 23 heavy (non-hydrogen) atoms. The number of hydrazine groups is 1. The van der Waals surface area contributed by atoms with E-state index in [1.807, 2.05) is 26.0 Å². The molecule has 2 N–H and O–H groups in total. The van der Waals surface area contributed by atoms with E-state index in [1.165, 1.54) is 11.3 Å². The second-order valence-electron chi connectivity index (χ2n) is 5.54. The molecule has 0 radical (unpaired) electrons. The van der Waals surface area contributed by atoms with Crippen LogP contribution in [0, 0.1) is 12.8 Å². The quantitative estimate of drug-likeness (QED) is 0.827. The topological polar surface area (TPSA) is 71.1 Å². The molecule has 0 unspecified atom stereocenters. The van der Waals surface area contributed by atoms with Gasteiger partial charge < -0.3 is 0 Å². The van der Waals surface area contributed by atoms with E-state index >= 15 is 0 Å². The van der Waals surface area contributed by atoms with Crippen LogP contribution in [0.4, 0.5) is 0 Å². The molecule has 1 aromatic carbocycles. The lowest BCUT2D eigenvalue weighted by Crippen LogP contribution is -2.41. The van der Waals surface area contributed by atoms with Gasteiger partial charge in [0.15, 0.2) is 0 Å². The number of aromatic nitrogens is 1. The standard InChI is InChI=1S/C16H18ClN3O2S/c1-9(2)8-13(21)19-20-15(22)14-10(3)18-16(23-14)11-4-6-12(17)7-5-11/h4-7,9H,8H2,1-3H3,(H,19,21)(H,20,22). The number of halogens is 1. The minimum absolute atomic E-state index is 0.214. The highest BCUT2D eigenvalue weighted by Crippen LogP contribution is 2.28. The molecule has 1 heterocycles. The number of aryl methyl sites for hydroxylation is 1. The third-order valence-electron chi connectivity index (χ3n) is 3.00. The van der Waals surface area contributed by atoms with Crippen LogP contribution in [0.1, 0.15) is 35.6 Å². The number of carbonyl (C=O) groups is 2. The lowest BCUT2D eigenvalue weighted by molar-refractivity contribution is -0.122. The number of nitrogens with zero attached hydrogens (tertiary/aromatic N) is 1. The highest BCUT2D eigenvalue weighted by Gasteiger charge is 2.17. The van der Waals surface area contributed by atoms with Gasteiger partial charge >= 0.3 is 0 Å². The Labute approximate surface area is 144 Å². The molecule has 0 aliphatic carbocycles. The second-order valence-corrected chi connectivity index (χ2v) is 6.98. The van der Waals surface area contributed by atoms with Crippen LogP contribution in [-0.2, 0) is 4.79 Å². The van der Waals surface area contributed by atoms with Crippen LogP contribution in [0.2, 0.25) is 5.02 Å². The van der Waals surface area contributed by atoms with E-state index in [2.05, 4.69) is 15.8 Å². The molecule has 0 saturated heterocycles. The predicted octanol–water partition coefficient (Wildman–Crippen LogP) is 3.58. The minimum atomic E-state index is -0.364. The summed E-state index contributed by atoms with van der Waals surface area (Å²) in [7, 11) is 0. The van der Waals surface area contributed by atoms with Crippen LogP contribution in [0.5, 0.6) is 0 Å². The molecule has 122 valence electrons. The van der Waals surface area contributed by atoms with E-state index in [9.17, 15) is 9.59 Å². The Hall–Kier alpha value is -1.92. The second kappa shape index (κ2) is 7.57. The van der Waals surface area contributed by atoms with Crippen LogP contribution in [0.15, 0.2) is 24.3 Å². The molecule has 0 aliphatic heterocycles. The maximum Gasteiger partial charge on any atom is 0.281 e. The monoisotopic (exact) mass is 351 g/mol. The van der Waals surface area contributed by atoms with Gasteiger partial charge in [0.05, 0.1) is 5.69 Å². The number of hydrogen-bond acceptors (Lipinski definition) is 4. The molecule has 0 atom stereocenters. The van der Waals surface area contributed by atoms with Crippen molar-refractivity contribution in [3.05, 3.63) is 39.9 Å². The number of hydrogen-bond donors (Lipinski definition) is 2. The predicted molar refractivity (Wildman–Crippen MR) is 92.4 cm³/mol. The molecule has 0 saturated carbocycles. The molecule has 0 bridgehead atoms. The first-order chi connectivity index (χ1) is 10.9. The maximum atomic E-state index is 12.2. The number of benzene rings is 1. The summed E-state index contributed by atoms with van der Waals surface area (Å²) in [4.78, 5) is 28.6. The molecule has 5 nitrogen and oxygen atoms in total. The first kappa shape index (κ1) is 17.4. The number of nitrogens with one attached hydrogen (secondary N) is 2. The smallest absolute Gasteiger partial charge is 0.273 e. The van der Waals surface area contributed by atoms with Gasteiger partial charge in [-0.15, -0.1) is 11.3 Å². The van der Waals surface area contributed by atoms with Gasteiger partial charge in [0.25, 0.3) is 5.91 Å². The summed E-state index contributed by atoms with van der Waals surface area (Å²) in [6, 6.07) is 7.26. The Bertz CT molecular complexity index is 711. The van der Waals surface area contributed by atoms with E-state index in [4.69, 9.17) is 11.6 Å². The van der Waals surface area contributed by atoms with Gasteiger partial charge in [0, 0.05) is 17.0 Å². The first-order valence-electron chi connectivity index (χ1n) is 7.19. The highest BCUT2D eigenvalue weighted by molar-refractivity contribution is 7.17. The van der Waals surface area contributed by atoms with Crippen LogP contribution in [0.3, 0.4) is 0 Å². The SMILES string of the molecule is Cc1nc(-c2ccc(Cl)cc2)sc1C(=O)NNC(=O)CC(C)C. The minimum Gasteiger partial charge on any atom is -0.273 e. The normalized spacial score (nSPS) is 10.7. The van der Waals surface area contributed by atoms with Gasteiger partial charge in [0.1, 0.15) is 9.88 Å². The lowest BCUT2D eigenvalue weighted by atomic mass is 10.1. The summed E-state index contributed by atoms with van der Waals surface area (Å²) in [5.74, 6) is -0.348. The molecule has 0 spiro atoms. The van der Waals surface area contributed by atoms with Gasteiger partial charge in [-0.2, -0.15) is 0 Å². The molecule has 2 aromatic rings. The Morgan fingerprint density at radius 3 is 2.48 bits per heavy atom. The van der Waals surface area contributed by atoms with Gasteiger partial charge in [-0.25, -0.2) is 4.98 Å². The Morgan fingerprint density at radius 2 is 1.87 bits per heavy atom. The summed E-state index contributed by atoms with van der Waals surface area (Å²) in [6.45, 7) is 5.64. The number of carbonyl (C=O) groups excluding carboxylic acids is 2. The summed E-state index contributed by atoms with van der Waals surface area (Å²) < 4.78 is 0. The number of thiazole rings is 1. The first-order valence-corrected chi connectivity index (χ1v) is 8.39. The molecule has 0 fully saturated rings. The van der Waals surface area contributed by atoms with Gasteiger partial charge in [-0.05, 0) is 25.0 Å². The van der Waals surface area contributed by atoms with Crippen molar-refractivity contribution < 1.29 is 9.59 Å². The molecule has 2 rings (SSSR count). The molecule has 7 heteroatoms.